The van der Waals surface area contributed by atoms with Crippen LogP contribution in [-0.4, -0.2) is 18.1 Å². The third-order valence-electron chi connectivity index (χ3n) is 2.10. The van der Waals surface area contributed by atoms with Gasteiger partial charge in [-0.15, -0.1) is 17.3 Å². The molecule has 0 heterocycles. The molecule has 0 spiro atoms. The first-order valence-electron chi connectivity index (χ1n) is 5.78. The fourth-order valence-corrected chi connectivity index (χ4v) is 2.99. The van der Waals surface area contributed by atoms with Crippen LogP contribution in [0.1, 0.15) is 0 Å². The lowest BCUT2D eigenvalue weighted by atomic mass is 10.3. The van der Waals surface area contributed by atoms with E-state index in [0.29, 0.717) is 0 Å². The molecule has 0 amide bonds. The summed E-state index contributed by atoms with van der Waals surface area (Å²) in [5.41, 5.74) is -0.219. The maximum atomic E-state index is 11.0. The molecule has 0 aromatic heterocycles. The lowest BCUT2D eigenvalue weighted by Crippen LogP contribution is -2.04. The second kappa shape index (κ2) is 8.63. The number of thiol groups is 1. The predicted octanol–water partition coefficient (Wildman–Crippen LogP) is 4.17. The van der Waals surface area contributed by atoms with Gasteiger partial charge in [0, 0.05) is 6.07 Å². The maximum absolute atomic E-state index is 11.0. The largest absolute Gasteiger partial charge is 0.422 e. The minimum absolute atomic E-state index is 0.0123. The van der Waals surface area contributed by atoms with Crippen LogP contribution >= 0.6 is 20.6 Å². The second-order valence-corrected chi connectivity index (χ2v) is 5.89. The van der Waals surface area contributed by atoms with Gasteiger partial charge in [0.2, 0.25) is 5.75 Å². The molecule has 0 fully saturated rings. The average molecular weight is 330 g/mol. The van der Waals surface area contributed by atoms with Crippen molar-refractivity contribution in [1.82, 2.24) is 0 Å². The Hall–Kier alpha value is -1.60. The first-order chi connectivity index (χ1) is 10.1. The van der Waals surface area contributed by atoms with E-state index in [2.05, 4.69) is 30.1 Å². The van der Waals surface area contributed by atoms with E-state index in [1.807, 2.05) is 0 Å². The van der Waals surface area contributed by atoms with Gasteiger partial charge in [0.25, 0.3) is 0 Å². The number of hydrogen-bond donors (Lipinski definition) is 1. The molecule has 0 aliphatic rings. The van der Waals surface area contributed by atoms with Gasteiger partial charge in [-0.25, -0.2) is 0 Å². The van der Waals surface area contributed by atoms with Gasteiger partial charge >= 0.3 is 13.4 Å². The Balaban J connectivity index is 3.13. The van der Waals surface area contributed by atoms with Crippen LogP contribution in [-0.2, 0) is 9.05 Å². The molecule has 0 aliphatic heterocycles. The molecule has 0 aliphatic carbocycles. The minimum atomic E-state index is -3.26. The van der Waals surface area contributed by atoms with Crippen molar-refractivity contribution >= 4 is 26.2 Å². The van der Waals surface area contributed by atoms with E-state index in [1.54, 1.807) is 6.07 Å². The normalized spacial score (nSPS) is 10.7. The summed E-state index contributed by atoms with van der Waals surface area (Å²) in [4.78, 5) is 10.4. The molecule has 0 saturated heterocycles. The van der Waals surface area contributed by atoms with Crippen LogP contribution in [0.5, 0.6) is 5.75 Å². The zero-order valence-electron chi connectivity index (χ0n) is 11.1. The molecular weight excluding hydrogens is 315 g/mol. The highest BCUT2D eigenvalue weighted by molar-refractivity contribution is 7.83. The molecule has 1 aromatic rings. The molecule has 1 aromatic carbocycles. The summed E-state index contributed by atoms with van der Waals surface area (Å²) < 4.78 is 20.1. The van der Waals surface area contributed by atoms with Crippen molar-refractivity contribution in [2.75, 3.05) is 13.2 Å². The molecular formula is C12H15N2O5PS. The summed E-state index contributed by atoms with van der Waals surface area (Å²) in [5, 5.41) is 11.0. The van der Waals surface area contributed by atoms with Crippen molar-refractivity contribution < 1.29 is 18.5 Å². The second-order valence-electron chi connectivity index (χ2n) is 3.54. The van der Waals surface area contributed by atoms with Gasteiger partial charge < -0.3 is 4.52 Å². The summed E-state index contributed by atoms with van der Waals surface area (Å²) >= 11 is 3.82. The van der Waals surface area contributed by atoms with Gasteiger partial charge in [-0.3, -0.25) is 19.2 Å². The standard InChI is InChI=1S/C12H15N2O5PS/c1-3-9-17-20(13-21,18-10-4-2)19-12-8-6-5-7-11(12)14(15)16/h3-8,21H,1-2,9-10H2. The summed E-state index contributed by atoms with van der Waals surface area (Å²) in [6, 6.07) is 5.86. The van der Waals surface area contributed by atoms with Gasteiger partial charge in [-0.1, -0.05) is 24.3 Å². The van der Waals surface area contributed by atoms with Gasteiger partial charge in [-0.05, 0) is 18.9 Å². The Morgan fingerprint density at radius 1 is 1.29 bits per heavy atom. The first-order valence-corrected chi connectivity index (χ1v) is 7.67. The van der Waals surface area contributed by atoms with E-state index >= 15 is 0 Å². The minimum Gasteiger partial charge on any atom is -0.411 e. The van der Waals surface area contributed by atoms with Crippen molar-refractivity contribution in [3.63, 3.8) is 0 Å². The smallest absolute Gasteiger partial charge is 0.411 e. The zero-order chi connectivity index (χ0) is 15.7. The molecule has 9 heteroatoms. The van der Waals surface area contributed by atoms with Crippen LogP contribution in [0.2, 0.25) is 0 Å². The van der Waals surface area contributed by atoms with Crippen molar-refractivity contribution in [3.8, 4) is 5.75 Å². The molecule has 0 saturated carbocycles. The molecule has 0 atom stereocenters. The number of benzene rings is 1. The van der Waals surface area contributed by atoms with Crippen molar-refractivity contribution in [3.05, 3.63) is 59.7 Å². The molecule has 0 unspecified atom stereocenters. The Morgan fingerprint density at radius 2 is 1.86 bits per heavy atom. The molecule has 0 bridgehead atoms. The highest BCUT2D eigenvalue weighted by atomic mass is 32.1. The van der Waals surface area contributed by atoms with E-state index in [-0.39, 0.29) is 24.7 Å². The molecule has 7 nitrogen and oxygen atoms in total. The number of nitro groups is 1. The maximum Gasteiger partial charge on any atom is 0.422 e. The van der Waals surface area contributed by atoms with Gasteiger partial charge in [0.1, 0.15) is 0 Å². The van der Waals surface area contributed by atoms with Crippen LogP contribution in [0.4, 0.5) is 5.69 Å². The molecule has 1 rings (SSSR count). The molecule has 21 heavy (non-hydrogen) atoms. The van der Waals surface area contributed by atoms with Crippen molar-refractivity contribution in [2.45, 2.75) is 0 Å². The van der Waals surface area contributed by atoms with Crippen molar-refractivity contribution in [2.24, 2.45) is 4.15 Å². The summed E-state index contributed by atoms with van der Waals surface area (Å²) in [5.74, 6) is -0.0123. The third kappa shape index (κ3) is 5.02. The topological polar surface area (TPSA) is 83.2 Å². The van der Waals surface area contributed by atoms with Crippen LogP contribution in [0.15, 0.2) is 53.7 Å². The van der Waals surface area contributed by atoms with Crippen LogP contribution in [0.25, 0.3) is 0 Å². The quantitative estimate of drug-likeness (QED) is 0.241. The monoisotopic (exact) mass is 330 g/mol. The third-order valence-corrected chi connectivity index (χ3v) is 4.35. The SMILES string of the molecule is C=CCOP(=NS)(OCC=C)Oc1ccccc1[N+](=O)[O-]. The van der Waals surface area contributed by atoms with Crippen LogP contribution < -0.4 is 4.52 Å². The predicted molar refractivity (Wildman–Crippen MR) is 84.4 cm³/mol. The average Bonchev–Trinajstić information content (AvgIpc) is 2.50. The Bertz CT molecular complexity index is 563. The van der Waals surface area contributed by atoms with E-state index < -0.39 is 12.7 Å². The Morgan fingerprint density at radius 3 is 2.33 bits per heavy atom. The number of nitrogens with zero attached hydrogens (tertiary/aromatic N) is 2. The Labute approximate surface area is 128 Å². The number of nitro benzene ring substituents is 1. The van der Waals surface area contributed by atoms with E-state index in [4.69, 9.17) is 13.6 Å². The van der Waals surface area contributed by atoms with E-state index in [9.17, 15) is 10.1 Å². The van der Waals surface area contributed by atoms with Gasteiger partial charge in [-0.2, -0.15) is 0 Å². The fraction of sp³-hybridized carbons (Fsp3) is 0.167. The summed E-state index contributed by atoms with van der Waals surface area (Å²) in [7, 11) is -3.26. The Kier molecular flexibility index (Phi) is 7.18. The number of para-hydroxylation sites is 2. The highest BCUT2D eigenvalue weighted by Gasteiger charge is 2.28. The molecule has 114 valence electrons. The van der Waals surface area contributed by atoms with Crippen molar-refractivity contribution in [1.29, 1.82) is 0 Å². The lowest BCUT2D eigenvalue weighted by molar-refractivity contribution is -0.385. The fourth-order valence-electron chi connectivity index (χ4n) is 1.26. The van der Waals surface area contributed by atoms with Gasteiger partial charge in [0.05, 0.1) is 18.1 Å². The van der Waals surface area contributed by atoms with Gasteiger partial charge in [0.15, 0.2) is 0 Å². The highest BCUT2D eigenvalue weighted by Crippen LogP contribution is 2.55. The number of rotatable bonds is 9. The summed E-state index contributed by atoms with van der Waals surface area (Å²) in [6.07, 6.45) is 2.96. The van der Waals surface area contributed by atoms with Crippen LogP contribution in [0.3, 0.4) is 0 Å². The van der Waals surface area contributed by atoms with E-state index in [1.165, 1.54) is 30.4 Å². The molecule has 0 radical (unpaired) electrons. The first kappa shape index (κ1) is 17.5. The zero-order valence-corrected chi connectivity index (χ0v) is 12.9. The van der Waals surface area contributed by atoms with E-state index in [0.717, 1.165) is 0 Å². The lowest BCUT2D eigenvalue weighted by Gasteiger charge is -2.21. The molecule has 0 N–H and O–H groups in total. The van der Waals surface area contributed by atoms with Crippen LogP contribution in [0, 0.1) is 10.1 Å². The number of hydrogen-bond acceptors (Lipinski definition) is 6. The summed E-state index contributed by atoms with van der Waals surface area (Å²) in [6.45, 7) is 7.22.